The minimum atomic E-state index is -1.38. The van der Waals surface area contributed by atoms with Gasteiger partial charge < -0.3 is 4.74 Å². The molecule has 1 saturated heterocycles. The van der Waals surface area contributed by atoms with Gasteiger partial charge in [0.25, 0.3) is 0 Å². The van der Waals surface area contributed by atoms with Crippen LogP contribution in [0.5, 0.6) is 0 Å². The van der Waals surface area contributed by atoms with Crippen LogP contribution in [-0.4, -0.2) is 23.6 Å². The summed E-state index contributed by atoms with van der Waals surface area (Å²) in [5, 5.41) is 0. The Labute approximate surface area is 101 Å². The maximum absolute atomic E-state index is 11.7. The van der Waals surface area contributed by atoms with Crippen molar-refractivity contribution in [2.45, 2.75) is 52.1 Å². The second-order valence-corrected chi connectivity index (χ2v) is 4.92. The summed E-state index contributed by atoms with van der Waals surface area (Å²) in [5.41, 5.74) is -1.38. The number of cyclic esters (lactones) is 1. The molecular weight excluding hydrogens is 220 g/mol. The Kier molecular flexibility index (Phi) is 3.06. The second kappa shape index (κ2) is 4.24. The van der Waals surface area contributed by atoms with Crippen molar-refractivity contribution in [3.05, 3.63) is 0 Å². The first-order valence-corrected chi connectivity index (χ1v) is 6.40. The number of Topliss-reactive ketones (excluding diaryl/α,β-unsaturated/α-hetero) is 2. The van der Waals surface area contributed by atoms with E-state index in [-0.39, 0.29) is 12.0 Å². The highest BCUT2D eigenvalue weighted by Gasteiger charge is 2.79. The van der Waals surface area contributed by atoms with Crippen LogP contribution in [0.2, 0.25) is 0 Å². The minimum absolute atomic E-state index is 0.230. The van der Waals surface area contributed by atoms with E-state index in [1.807, 2.05) is 6.92 Å². The average Bonchev–Trinajstić information content (AvgIpc) is 2.71. The number of rotatable bonds is 5. The van der Waals surface area contributed by atoms with Crippen LogP contribution >= 0.6 is 0 Å². The van der Waals surface area contributed by atoms with Gasteiger partial charge >= 0.3 is 5.97 Å². The number of hydrogen-bond donors (Lipinski definition) is 0. The maximum atomic E-state index is 11.7. The molecule has 94 valence electrons. The Morgan fingerprint density at radius 3 is 2.24 bits per heavy atom. The van der Waals surface area contributed by atoms with Crippen LogP contribution in [0.1, 0.15) is 46.0 Å². The summed E-state index contributed by atoms with van der Waals surface area (Å²) >= 11 is 0. The molecule has 1 saturated carbocycles. The van der Waals surface area contributed by atoms with Crippen LogP contribution in [0, 0.1) is 11.3 Å². The number of carbonyl (C=O) groups is 3. The molecule has 0 radical (unpaired) electrons. The van der Waals surface area contributed by atoms with Gasteiger partial charge in [0.1, 0.15) is 6.10 Å². The summed E-state index contributed by atoms with van der Waals surface area (Å²) in [7, 11) is 0. The Bertz CT molecular complexity index is 358. The molecular formula is C13H18O4. The number of ether oxygens (including phenoxy) is 1. The van der Waals surface area contributed by atoms with E-state index in [0.29, 0.717) is 6.42 Å². The molecule has 0 bridgehead atoms. The van der Waals surface area contributed by atoms with Gasteiger partial charge in [-0.15, -0.1) is 0 Å². The number of hydrogen-bond acceptors (Lipinski definition) is 4. The van der Waals surface area contributed by atoms with Gasteiger partial charge in [-0.2, -0.15) is 0 Å². The Hall–Kier alpha value is -1.19. The molecule has 0 aromatic carbocycles. The van der Waals surface area contributed by atoms with Gasteiger partial charge in [-0.25, -0.2) is 0 Å². The van der Waals surface area contributed by atoms with Gasteiger partial charge in [0, 0.05) is 5.92 Å². The normalized spacial score (nSPS) is 29.9. The third-order valence-corrected chi connectivity index (χ3v) is 3.98. The summed E-state index contributed by atoms with van der Waals surface area (Å²) in [5.74, 6) is -1.90. The SMILES string of the molecule is CCCCCC1OC(=O)C2(C(=O)C2=O)C1CC. The van der Waals surface area contributed by atoms with E-state index in [9.17, 15) is 14.4 Å². The van der Waals surface area contributed by atoms with Gasteiger partial charge in [0.2, 0.25) is 17.0 Å². The van der Waals surface area contributed by atoms with Crippen molar-refractivity contribution in [3.63, 3.8) is 0 Å². The summed E-state index contributed by atoms with van der Waals surface area (Å²) in [6.07, 6.45) is 4.32. The number of unbranched alkanes of at least 4 members (excludes halogenated alkanes) is 2. The third-order valence-electron chi connectivity index (χ3n) is 3.98. The fraction of sp³-hybridized carbons (Fsp3) is 0.769. The van der Waals surface area contributed by atoms with Crippen molar-refractivity contribution >= 4 is 17.5 Å². The smallest absolute Gasteiger partial charge is 0.329 e. The van der Waals surface area contributed by atoms with Crippen molar-refractivity contribution in [3.8, 4) is 0 Å². The zero-order valence-electron chi connectivity index (χ0n) is 10.3. The molecule has 2 unspecified atom stereocenters. The molecule has 1 aliphatic carbocycles. The van der Waals surface area contributed by atoms with Gasteiger partial charge in [-0.3, -0.25) is 14.4 Å². The van der Waals surface area contributed by atoms with Crippen LogP contribution in [-0.2, 0) is 19.1 Å². The minimum Gasteiger partial charge on any atom is -0.461 e. The van der Waals surface area contributed by atoms with E-state index in [0.717, 1.165) is 25.7 Å². The van der Waals surface area contributed by atoms with Crippen molar-refractivity contribution in [2.75, 3.05) is 0 Å². The van der Waals surface area contributed by atoms with E-state index in [4.69, 9.17) is 4.74 Å². The second-order valence-electron chi connectivity index (χ2n) is 4.92. The Morgan fingerprint density at radius 2 is 1.76 bits per heavy atom. The molecule has 2 atom stereocenters. The zero-order chi connectivity index (χ0) is 12.6. The molecule has 0 amide bonds. The Morgan fingerprint density at radius 1 is 1.12 bits per heavy atom. The molecule has 1 spiro atoms. The molecule has 0 aromatic rings. The first-order chi connectivity index (χ1) is 8.10. The molecule has 2 fully saturated rings. The van der Waals surface area contributed by atoms with Crippen LogP contribution in [0.4, 0.5) is 0 Å². The lowest BCUT2D eigenvalue weighted by Gasteiger charge is -2.16. The maximum Gasteiger partial charge on any atom is 0.329 e. The Balaban J connectivity index is 2.10. The molecule has 2 rings (SSSR count). The molecule has 17 heavy (non-hydrogen) atoms. The summed E-state index contributed by atoms with van der Waals surface area (Å²) in [6, 6.07) is 0. The third kappa shape index (κ3) is 1.53. The van der Waals surface area contributed by atoms with Crippen molar-refractivity contribution in [2.24, 2.45) is 11.3 Å². The molecule has 4 nitrogen and oxygen atoms in total. The van der Waals surface area contributed by atoms with E-state index in [1.165, 1.54) is 0 Å². The highest BCUT2D eigenvalue weighted by atomic mass is 16.6. The standard InChI is InChI=1S/C13H18O4/c1-3-5-6-7-9-8(4-2)13(12(16)17-9)10(14)11(13)15/h8-9H,3-7H2,1-2H3. The summed E-state index contributed by atoms with van der Waals surface area (Å²) in [4.78, 5) is 34.6. The lowest BCUT2D eigenvalue weighted by atomic mass is 9.83. The fourth-order valence-electron chi connectivity index (χ4n) is 2.94. The van der Waals surface area contributed by atoms with Crippen LogP contribution in [0.25, 0.3) is 0 Å². The largest absolute Gasteiger partial charge is 0.461 e. The molecule has 1 heterocycles. The van der Waals surface area contributed by atoms with Gasteiger partial charge in [0.15, 0.2) is 0 Å². The lowest BCUT2D eigenvalue weighted by molar-refractivity contribution is -0.146. The van der Waals surface area contributed by atoms with E-state index in [2.05, 4.69) is 6.92 Å². The van der Waals surface area contributed by atoms with Gasteiger partial charge in [-0.1, -0.05) is 26.7 Å². The topological polar surface area (TPSA) is 60.4 Å². The molecule has 1 aliphatic heterocycles. The highest BCUT2D eigenvalue weighted by molar-refractivity contribution is 6.70. The number of carbonyl (C=O) groups excluding carboxylic acids is 3. The predicted octanol–water partition coefficient (Wildman–Crippen LogP) is 1.66. The summed E-state index contributed by atoms with van der Waals surface area (Å²) < 4.78 is 5.25. The predicted molar refractivity (Wildman–Crippen MR) is 60.3 cm³/mol. The molecule has 0 N–H and O–H groups in total. The van der Waals surface area contributed by atoms with Crippen molar-refractivity contribution in [1.29, 1.82) is 0 Å². The highest BCUT2D eigenvalue weighted by Crippen LogP contribution is 2.54. The molecule has 2 aliphatic rings. The van der Waals surface area contributed by atoms with Crippen molar-refractivity contribution < 1.29 is 19.1 Å². The van der Waals surface area contributed by atoms with Gasteiger partial charge in [-0.05, 0) is 19.3 Å². The average molecular weight is 238 g/mol. The van der Waals surface area contributed by atoms with Crippen LogP contribution < -0.4 is 0 Å². The lowest BCUT2D eigenvalue weighted by Crippen LogP contribution is -2.25. The van der Waals surface area contributed by atoms with Gasteiger partial charge in [0.05, 0.1) is 0 Å². The van der Waals surface area contributed by atoms with E-state index >= 15 is 0 Å². The first kappa shape index (κ1) is 12.3. The molecule has 4 heteroatoms. The fourth-order valence-corrected chi connectivity index (χ4v) is 2.94. The quantitative estimate of drug-likeness (QED) is 0.316. The van der Waals surface area contributed by atoms with Crippen LogP contribution in [0.15, 0.2) is 0 Å². The molecule has 0 aromatic heterocycles. The van der Waals surface area contributed by atoms with E-state index in [1.54, 1.807) is 0 Å². The van der Waals surface area contributed by atoms with Crippen molar-refractivity contribution in [1.82, 2.24) is 0 Å². The number of esters is 1. The number of ketones is 2. The first-order valence-electron chi connectivity index (χ1n) is 6.40. The summed E-state index contributed by atoms with van der Waals surface area (Å²) in [6.45, 7) is 4.01. The van der Waals surface area contributed by atoms with E-state index < -0.39 is 23.0 Å². The van der Waals surface area contributed by atoms with Crippen LogP contribution in [0.3, 0.4) is 0 Å². The monoisotopic (exact) mass is 238 g/mol. The zero-order valence-corrected chi connectivity index (χ0v) is 10.3.